The Hall–Kier alpha value is -1.98. The molecule has 0 radical (unpaired) electrons. The lowest BCUT2D eigenvalue weighted by molar-refractivity contribution is -0.137. The molecule has 0 fully saturated rings. The van der Waals surface area contributed by atoms with E-state index in [-0.39, 0.29) is 16.3 Å². The van der Waals surface area contributed by atoms with Crippen LogP contribution >= 0.6 is 0 Å². The van der Waals surface area contributed by atoms with Crippen LogP contribution in [0.25, 0.3) is 10.9 Å². The second-order valence-electron chi connectivity index (χ2n) is 3.74. The lowest BCUT2D eigenvalue weighted by atomic mass is 10.1. The van der Waals surface area contributed by atoms with E-state index in [1.54, 1.807) is 0 Å². The van der Waals surface area contributed by atoms with E-state index in [4.69, 9.17) is 5.41 Å². The molecule has 0 unspecified atom stereocenters. The third kappa shape index (κ3) is 1.86. The van der Waals surface area contributed by atoms with E-state index < -0.39 is 11.7 Å². The molecule has 2 N–H and O–H groups in total. The number of hydrogen-bond acceptors (Lipinski definition) is 2. The monoisotopic (exact) mass is 242 g/mol. The minimum absolute atomic E-state index is 0.0233. The molecule has 0 amide bonds. The Kier molecular flexibility index (Phi) is 2.38. The van der Waals surface area contributed by atoms with E-state index in [9.17, 15) is 18.4 Å². The number of nitrogens with one attached hydrogen (secondary N) is 1. The minimum atomic E-state index is -4.47. The predicted octanol–water partition coefficient (Wildman–Crippen LogP) is 2.69. The number of hydrogen-bond donors (Lipinski definition) is 2. The van der Waals surface area contributed by atoms with Gasteiger partial charge in [-0.25, -0.2) is 0 Å². The fraction of sp³-hybridized carbons (Fsp3) is 0.182. The molecule has 0 saturated heterocycles. The van der Waals surface area contributed by atoms with Gasteiger partial charge in [-0.2, -0.15) is 17.9 Å². The van der Waals surface area contributed by atoms with Crippen LogP contribution in [0.5, 0.6) is 0 Å². The largest absolute Gasteiger partial charge is 0.428 e. The molecule has 0 atom stereocenters. The SMILES string of the molecule is Cc1cc(=N)c2ccc(C(F)(F)F)cc2n1O. The summed E-state index contributed by atoms with van der Waals surface area (Å²) in [5, 5.41) is 17.6. The maximum Gasteiger partial charge on any atom is 0.416 e. The predicted molar refractivity (Wildman–Crippen MR) is 54.7 cm³/mol. The van der Waals surface area contributed by atoms with Crippen molar-refractivity contribution in [1.29, 1.82) is 5.41 Å². The Balaban J connectivity index is 2.86. The Labute approximate surface area is 94.2 Å². The summed E-state index contributed by atoms with van der Waals surface area (Å²) in [6.45, 7) is 1.51. The van der Waals surface area contributed by atoms with Gasteiger partial charge < -0.3 is 10.6 Å². The number of benzene rings is 1. The van der Waals surface area contributed by atoms with Gasteiger partial charge in [-0.15, -0.1) is 0 Å². The van der Waals surface area contributed by atoms with Crippen molar-refractivity contribution >= 4 is 10.9 Å². The second-order valence-corrected chi connectivity index (χ2v) is 3.74. The summed E-state index contributed by atoms with van der Waals surface area (Å²) in [5.41, 5.74) is -0.565. The Morgan fingerprint density at radius 3 is 2.47 bits per heavy atom. The summed E-state index contributed by atoms with van der Waals surface area (Å²) in [6, 6.07) is 4.30. The van der Waals surface area contributed by atoms with Crippen LogP contribution in [0.1, 0.15) is 11.3 Å². The zero-order valence-electron chi connectivity index (χ0n) is 8.84. The van der Waals surface area contributed by atoms with Gasteiger partial charge >= 0.3 is 6.18 Å². The quantitative estimate of drug-likeness (QED) is 0.685. The highest BCUT2D eigenvalue weighted by Crippen LogP contribution is 2.30. The zero-order valence-corrected chi connectivity index (χ0v) is 8.84. The van der Waals surface area contributed by atoms with E-state index in [0.29, 0.717) is 10.4 Å². The van der Waals surface area contributed by atoms with Crippen molar-refractivity contribution in [3.05, 3.63) is 40.9 Å². The fourth-order valence-corrected chi connectivity index (χ4v) is 1.65. The Morgan fingerprint density at radius 1 is 1.24 bits per heavy atom. The van der Waals surface area contributed by atoms with Gasteiger partial charge in [-0.3, -0.25) is 0 Å². The van der Waals surface area contributed by atoms with Crippen molar-refractivity contribution in [2.75, 3.05) is 0 Å². The topological polar surface area (TPSA) is 49.0 Å². The molecule has 3 nitrogen and oxygen atoms in total. The van der Waals surface area contributed by atoms with E-state index >= 15 is 0 Å². The number of aryl methyl sites for hydroxylation is 1. The molecule has 1 aromatic carbocycles. The summed E-state index contributed by atoms with van der Waals surface area (Å²) in [4.78, 5) is 0. The molecule has 0 saturated carbocycles. The van der Waals surface area contributed by atoms with Gasteiger partial charge in [0.2, 0.25) is 0 Å². The van der Waals surface area contributed by atoms with Crippen molar-refractivity contribution in [1.82, 2.24) is 4.73 Å². The van der Waals surface area contributed by atoms with Crippen molar-refractivity contribution in [2.24, 2.45) is 0 Å². The van der Waals surface area contributed by atoms with Gasteiger partial charge in [0.25, 0.3) is 0 Å². The average molecular weight is 242 g/mol. The molecule has 0 bridgehead atoms. The Morgan fingerprint density at radius 2 is 1.88 bits per heavy atom. The molecule has 17 heavy (non-hydrogen) atoms. The van der Waals surface area contributed by atoms with Gasteiger partial charge in [0, 0.05) is 5.39 Å². The summed E-state index contributed by atoms with van der Waals surface area (Å²) in [5.74, 6) is 0. The zero-order chi connectivity index (χ0) is 12.8. The molecule has 6 heteroatoms. The van der Waals surface area contributed by atoms with Crippen molar-refractivity contribution in [3.8, 4) is 0 Å². The number of halogens is 3. The third-order valence-electron chi connectivity index (χ3n) is 2.53. The van der Waals surface area contributed by atoms with Crippen molar-refractivity contribution in [3.63, 3.8) is 0 Å². The maximum atomic E-state index is 12.5. The lowest BCUT2D eigenvalue weighted by Gasteiger charge is -2.11. The smallest absolute Gasteiger partial charge is 0.416 e. The van der Waals surface area contributed by atoms with Gasteiger partial charge in [-0.1, -0.05) is 6.07 Å². The third-order valence-corrected chi connectivity index (χ3v) is 2.53. The molecular formula is C11H9F3N2O. The van der Waals surface area contributed by atoms with Crippen molar-refractivity contribution in [2.45, 2.75) is 13.1 Å². The van der Waals surface area contributed by atoms with E-state index in [1.165, 1.54) is 19.1 Å². The summed E-state index contributed by atoms with van der Waals surface area (Å²) >= 11 is 0. The minimum Gasteiger partial charge on any atom is -0.428 e. The molecule has 1 heterocycles. The van der Waals surface area contributed by atoms with Crippen LogP contribution < -0.4 is 5.36 Å². The van der Waals surface area contributed by atoms with Gasteiger partial charge in [0.1, 0.15) is 0 Å². The second kappa shape index (κ2) is 3.51. The first-order chi connectivity index (χ1) is 7.80. The first-order valence-corrected chi connectivity index (χ1v) is 4.78. The summed E-state index contributed by atoms with van der Waals surface area (Å²) in [6.07, 6.45) is -4.47. The summed E-state index contributed by atoms with van der Waals surface area (Å²) in [7, 11) is 0. The first kappa shape index (κ1) is 11.5. The van der Waals surface area contributed by atoms with E-state index in [1.807, 2.05) is 0 Å². The number of rotatable bonds is 0. The molecule has 0 spiro atoms. The molecule has 0 aliphatic carbocycles. The summed E-state index contributed by atoms with van der Waals surface area (Å²) < 4.78 is 38.2. The molecule has 2 aromatic rings. The maximum absolute atomic E-state index is 12.5. The lowest BCUT2D eigenvalue weighted by Crippen LogP contribution is -2.12. The van der Waals surface area contributed by atoms with Crippen LogP contribution in [0.4, 0.5) is 13.2 Å². The van der Waals surface area contributed by atoms with Crippen LogP contribution in [-0.2, 0) is 6.18 Å². The number of alkyl halides is 3. The standard InChI is InChI=1S/C11H9F3N2O/c1-6-4-9(15)8-3-2-7(11(12,13)14)5-10(8)16(6)17/h2-5,15,17H,1H3. The number of pyridine rings is 1. The fourth-order valence-electron chi connectivity index (χ4n) is 1.65. The normalized spacial score (nSPS) is 12.0. The van der Waals surface area contributed by atoms with Crippen LogP contribution in [0.3, 0.4) is 0 Å². The number of fused-ring (bicyclic) bond motifs is 1. The average Bonchev–Trinajstić information content (AvgIpc) is 2.24. The van der Waals surface area contributed by atoms with Crippen LogP contribution in [-0.4, -0.2) is 9.94 Å². The van der Waals surface area contributed by atoms with Crippen molar-refractivity contribution < 1.29 is 18.4 Å². The highest BCUT2D eigenvalue weighted by atomic mass is 19.4. The highest BCUT2D eigenvalue weighted by molar-refractivity contribution is 5.79. The first-order valence-electron chi connectivity index (χ1n) is 4.78. The molecule has 1 aromatic heterocycles. The number of aromatic nitrogens is 1. The van der Waals surface area contributed by atoms with Gasteiger partial charge in [-0.05, 0) is 25.1 Å². The van der Waals surface area contributed by atoms with E-state index in [0.717, 1.165) is 12.1 Å². The van der Waals surface area contributed by atoms with Gasteiger partial charge in [0.05, 0.1) is 22.1 Å². The molecular weight excluding hydrogens is 233 g/mol. The van der Waals surface area contributed by atoms with Gasteiger partial charge in [0.15, 0.2) is 0 Å². The Bertz CT molecular complexity index is 643. The van der Waals surface area contributed by atoms with E-state index in [2.05, 4.69) is 0 Å². The number of nitrogens with zero attached hydrogens (tertiary/aromatic N) is 1. The highest BCUT2D eigenvalue weighted by Gasteiger charge is 2.30. The van der Waals surface area contributed by atoms with Crippen LogP contribution in [0, 0.1) is 12.3 Å². The molecule has 0 aliphatic heterocycles. The van der Waals surface area contributed by atoms with Crippen LogP contribution in [0.15, 0.2) is 24.3 Å². The molecule has 0 aliphatic rings. The van der Waals surface area contributed by atoms with Crippen LogP contribution in [0.2, 0.25) is 0 Å². The molecule has 2 rings (SSSR count). The molecule has 90 valence electrons.